The van der Waals surface area contributed by atoms with Crippen molar-refractivity contribution in [3.05, 3.63) is 17.0 Å². The van der Waals surface area contributed by atoms with Gasteiger partial charge in [0.25, 0.3) is 0 Å². The fraction of sp³-hybridized carbons (Fsp3) is 0.667. The summed E-state index contributed by atoms with van der Waals surface area (Å²) in [7, 11) is 0. The average molecular weight is 349 g/mol. The van der Waals surface area contributed by atoms with Crippen LogP contribution in [-0.2, 0) is 22.6 Å². The highest BCUT2D eigenvalue weighted by atomic mass is 19.4. The molecular formula is C15H22F3N3O3. The number of amides is 1. The molecule has 136 valence electrons. The molecule has 0 aliphatic heterocycles. The van der Waals surface area contributed by atoms with Gasteiger partial charge in [0.15, 0.2) is 0 Å². The molecule has 0 spiro atoms. The van der Waals surface area contributed by atoms with E-state index < -0.39 is 30.5 Å². The van der Waals surface area contributed by atoms with Gasteiger partial charge in [0, 0.05) is 17.8 Å². The first-order chi connectivity index (χ1) is 11.0. The zero-order valence-electron chi connectivity index (χ0n) is 13.9. The number of alkyl halides is 3. The molecule has 1 amide bonds. The Morgan fingerprint density at radius 2 is 1.96 bits per heavy atom. The number of halogens is 3. The molecule has 0 fully saturated rings. The number of hydrogen-bond donors (Lipinski definition) is 2. The highest BCUT2D eigenvalue weighted by Gasteiger charge is 2.30. The van der Waals surface area contributed by atoms with Crippen LogP contribution in [0.3, 0.4) is 0 Å². The summed E-state index contributed by atoms with van der Waals surface area (Å²) >= 11 is 0. The predicted molar refractivity (Wildman–Crippen MR) is 80.5 cm³/mol. The Hall–Kier alpha value is -2.06. The van der Waals surface area contributed by atoms with Crippen molar-refractivity contribution < 1.29 is 27.9 Å². The van der Waals surface area contributed by atoms with Crippen LogP contribution in [-0.4, -0.2) is 39.5 Å². The highest BCUT2D eigenvalue weighted by Crippen LogP contribution is 2.21. The number of carbonyl (C=O) groups is 2. The number of rotatable bonds is 8. The quantitative estimate of drug-likeness (QED) is 0.754. The van der Waals surface area contributed by atoms with Crippen LogP contribution < -0.4 is 5.32 Å². The first-order valence-corrected chi connectivity index (χ1v) is 7.64. The van der Waals surface area contributed by atoms with Crippen LogP contribution >= 0.6 is 0 Å². The van der Waals surface area contributed by atoms with E-state index in [1.165, 1.54) is 6.92 Å². The van der Waals surface area contributed by atoms with Crippen LogP contribution in [0.2, 0.25) is 0 Å². The lowest BCUT2D eigenvalue weighted by Crippen LogP contribution is -2.34. The Morgan fingerprint density at radius 3 is 2.46 bits per heavy atom. The van der Waals surface area contributed by atoms with Crippen molar-refractivity contribution in [2.24, 2.45) is 5.92 Å². The topological polar surface area (TPSA) is 84.2 Å². The number of nitrogens with zero attached hydrogens (tertiary/aromatic N) is 2. The van der Waals surface area contributed by atoms with Crippen molar-refractivity contribution >= 4 is 11.9 Å². The summed E-state index contributed by atoms with van der Waals surface area (Å²) in [5.74, 6) is -2.09. The van der Waals surface area contributed by atoms with Crippen molar-refractivity contribution in [1.82, 2.24) is 15.1 Å². The van der Waals surface area contributed by atoms with Crippen LogP contribution in [0, 0.1) is 19.8 Å². The number of hydrogen-bond acceptors (Lipinski definition) is 3. The van der Waals surface area contributed by atoms with E-state index in [1.54, 1.807) is 6.92 Å². The van der Waals surface area contributed by atoms with Crippen molar-refractivity contribution in [3.8, 4) is 0 Å². The number of nitrogens with one attached hydrogen (secondary N) is 1. The molecule has 0 aromatic carbocycles. The first-order valence-electron chi connectivity index (χ1n) is 7.64. The van der Waals surface area contributed by atoms with Gasteiger partial charge < -0.3 is 10.4 Å². The Balaban J connectivity index is 2.72. The lowest BCUT2D eigenvalue weighted by atomic mass is 10.0. The molecule has 2 N–H and O–H groups in total. The molecule has 0 aliphatic rings. The Labute approximate surface area is 138 Å². The molecule has 1 heterocycles. The van der Waals surface area contributed by atoms with Gasteiger partial charge in [0.1, 0.15) is 6.54 Å². The molecule has 24 heavy (non-hydrogen) atoms. The first kappa shape index (κ1) is 20.0. The third-order valence-electron chi connectivity index (χ3n) is 3.73. The molecule has 1 unspecified atom stereocenters. The molecule has 1 aromatic rings. The van der Waals surface area contributed by atoms with Gasteiger partial charge in [0.05, 0.1) is 18.0 Å². The molecule has 1 aromatic heterocycles. The van der Waals surface area contributed by atoms with Gasteiger partial charge in [-0.25, -0.2) is 0 Å². The number of carboxylic acids is 1. The van der Waals surface area contributed by atoms with E-state index in [0.717, 1.165) is 4.68 Å². The average Bonchev–Trinajstić information content (AvgIpc) is 2.68. The van der Waals surface area contributed by atoms with Crippen molar-refractivity contribution in [2.45, 2.75) is 52.8 Å². The van der Waals surface area contributed by atoms with E-state index >= 15 is 0 Å². The van der Waals surface area contributed by atoms with E-state index in [0.29, 0.717) is 24.1 Å². The van der Waals surface area contributed by atoms with Gasteiger partial charge >= 0.3 is 12.1 Å². The standard InChI is InChI=1S/C15H22F3N3O3/c1-4-5-11(14(23)24)7-19-13(22)6-12-9(2)20-21(10(12)3)8-15(16,17)18/h11H,4-8H2,1-3H3,(H,19,22)(H,23,24). The van der Waals surface area contributed by atoms with Crippen molar-refractivity contribution in [3.63, 3.8) is 0 Å². The van der Waals surface area contributed by atoms with Crippen molar-refractivity contribution in [2.75, 3.05) is 6.54 Å². The van der Waals surface area contributed by atoms with Crippen LogP contribution in [0.4, 0.5) is 13.2 Å². The number of carboxylic acid groups (broad SMARTS) is 1. The Bertz CT molecular complexity index is 597. The Morgan fingerprint density at radius 1 is 1.33 bits per heavy atom. The smallest absolute Gasteiger partial charge is 0.408 e. The highest BCUT2D eigenvalue weighted by molar-refractivity contribution is 5.80. The van der Waals surface area contributed by atoms with Gasteiger partial charge in [-0.05, 0) is 20.3 Å². The maximum absolute atomic E-state index is 12.5. The van der Waals surface area contributed by atoms with Gasteiger partial charge in [-0.2, -0.15) is 18.3 Å². The van der Waals surface area contributed by atoms with E-state index in [1.807, 2.05) is 6.92 Å². The summed E-state index contributed by atoms with van der Waals surface area (Å²) in [5, 5.41) is 15.4. The molecule has 6 nitrogen and oxygen atoms in total. The largest absolute Gasteiger partial charge is 0.481 e. The maximum atomic E-state index is 12.5. The lowest BCUT2D eigenvalue weighted by Gasteiger charge is -2.12. The van der Waals surface area contributed by atoms with E-state index in [9.17, 15) is 22.8 Å². The summed E-state index contributed by atoms with van der Waals surface area (Å²) in [6.45, 7) is 3.65. The lowest BCUT2D eigenvalue weighted by molar-refractivity contribution is -0.143. The third-order valence-corrected chi connectivity index (χ3v) is 3.73. The summed E-state index contributed by atoms with van der Waals surface area (Å²) in [6.07, 6.45) is -3.40. The van der Waals surface area contributed by atoms with Gasteiger partial charge in [-0.15, -0.1) is 0 Å². The van der Waals surface area contributed by atoms with Crippen LogP contribution in [0.5, 0.6) is 0 Å². The molecule has 0 saturated heterocycles. The van der Waals surface area contributed by atoms with Crippen LogP contribution in [0.25, 0.3) is 0 Å². The minimum absolute atomic E-state index is 0.00318. The number of aliphatic carboxylic acids is 1. The second-order valence-electron chi connectivity index (χ2n) is 5.73. The molecule has 0 radical (unpaired) electrons. The normalized spacial score (nSPS) is 12.9. The molecule has 0 saturated carbocycles. The second kappa shape index (κ2) is 8.16. The van der Waals surface area contributed by atoms with E-state index in [4.69, 9.17) is 5.11 Å². The molecule has 9 heteroatoms. The van der Waals surface area contributed by atoms with Crippen LogP contribution in [0.1, 0.15) is 36.7 Å². The number of aryl methyl sites for hydroxylation is 1. The van der Waals surface area contributed by atoms with Gasteiger partial charge in [0.2, 0.25) is 5.91 Å². The SMILES string of the molecule is CCCC(CNC(=O)Cc1c(C)nn(CC(F)(F)F)c1C)C(=O)O. The van der Waals surface area contributed by atoms with Gasteiger partial charge in [-0.3, -0.25) is 14.3 Å². The van der Waals surface area contributed by atoms with Crippen molar-refractivity contribution in [1.29, 1.82) is 0 Å². The molecular weight excluding hydrogens is 327 g/mol. The molecule has 1 atom stereocenters. The molecule has 0 bridgehead atoms. The number of carbonyl (C=O) groups excluding carboxylic acids is 1. The molecule has 0 aliphatic carbocycles. The zero-order chi connectivity index (χ0) is 18.5. The summed E-state index contributed by atoms with van der Waals surface area (Å²) in [5.41, 5.74) is 1.07. The van der Waals surface area contributed by atoms with E-state index in [2.05, 4.69) is 10.4 Å². The number of aromatic nitrogens is 2. The predicted octanol–water partition coefficient (Wildman–Crippen LogP) is 2.22. The summed E-state index contributed by atoms with van der Waals surface area (Å²) < 4.78 is 38.3. The van der Waals surface area contributed by atoms with E-state index in [-0.39, 0.29) is 18.7 Å². The minimum Gasteiger partial charge on any atom is -0.481 e. The fourth-order valence-corrected chi connectivity index (χ4v) is 2.44. The zero-order valence-corrected chi connectivity index (χ0v) is 13.9. The summed E-state index contributed by atoms with van der Waals surface area (Å²) in [4.78, 5) is 23.0. The van der Waals surface area contributed by atoms with Gasteiger partial charge in [-0.1, -0.05) is 13.3 Å². The fourth-order valence-electron chi connectivity index (χ4n) is 2.44. The molecule has 1 rings (SSSR count). The summed E-state index contributed by atoms with van der Waals surface area (Å²) in [6, 6.07) is 0. The maximum Gasteiger partial charge on any atom is 0.408 e. The van der Waals surface area contributed by atoms with Crippen LogP contribution in [0.15, 0.2) is 0 Å². The third kappa shape index (κ3) is 5.86. The Kier molecular flexibility index (Phi) is 6.80. The minimum atomic E-state index is -4.39. The monoisotopic (exact) mass is 349 g/mol. The second-order valence-corrected chi connectivity index (χ2v) is 5.73.